The third kappa shape index (κ3) is 5.53. The predicted octanol–water partition coefficient (Wildman–Crippen LogP) is 2.68. The molecular formula is C23H22IN3O7S. The lowest BCUT2D eigenvalue weighted by Gasteiger charge is -2.56. The quantitative estimate of drug-likeness (QED) is 0.121. The lowest BCUT2D eigenvalue weighted by molar-refractivity contribution is -0.384. The first-order valence-electron chi connectivity index (χ1n) is 10.7. The highest BCUT2D eigenvalue weighted by molar-refractivity contribution is 14.1. The molecule has 0 aliphatic carbocycles. The van der Waals surface area contributed by atoms with Crippen LogP contribution in [0.2, 0.25) is 0 Å². The van der Waals surface area contributed by atoms with Crippen LogP contribution in [0.4, 0.5) is 5.69 Å². The van der Waals surface area contributed by atoms with Crippen LogP contribution < -0.4 is 10.1 Å². The number of nitrogens with one attached hydrogen (secondary N) is 1. The molecule has 0 saturated carbocycles. The van der Waals surface area contributed by atoms with E-state index in [0.717, 1.165) is 0 Å². The average molecular weight is 611 g/mol. The highest BCUT2D eigenvalue weighted by Gasteiger charge is 2.61. The molecular weight excluding hydrogens is 589 g/mol. The van der Waals surface area contributed by atoms with Crippen molar-refractivity contribution in [3.63, 3.8) is 0 Å². The molecule has 35 heavy (non-hydrogen) atoms. The molecule has 2 aliphatic heterocycles. The number of halogens is 1. The van der Waals surface area contributed by atoms with Gasteiger partial charge in [-0.1, -0.05) is 40.8 Å². The third-order valence-corrected chi connectivity index (χ3v) is 8.74. The smallest absolute Gasteiger partial charge is 0.330 e. The molecule has 4 rings (SSSR count). The number of esters is 1. The van der Waals surface area contributed by atoms with Crippen LogP contribution in [0.3, 0.4) is 0 Å². The first-order chi connectivity index (χ1) is 16.7. The fraction of sp³-hybridized carbons (Fsp3) is 0.348. The minimum Gasteiger partial charge on any atom is -0.484 e. The minimum atomic E-state index is -0.825. The molecule has 2 heterocycles. The predicted molar refractivity (Wildman–Crippen MR) is 136 cm³/mol. The molecule has 2 aliphatic rings. The van der Waals surface area contributed by atoms with Crippen LogP contribution in [-0.4, -0.2) is 60.8 Å². The number of ether oxygens (including phenoxy) is 2. The van der Waals surface area contributed by atoms with Crippen LogP contribution in [0.25, 0.3) is 0 Å². The zero-order valence-electron chi connectivity index (χ0n) is 18.6. The van der Waals surface area contributed by atoms with Crippen LogP contribution in [-0.2, 0) is 25.7 Å². The van der Waals surface area contributed by atoms with Crippen LogP contribution in [0.5, 0.6) is 5.75 Å². The molecule has 184 valence electrons. The molecule has 1 N–H and O–H groups in total. The largest absolute Gasteiger partial charge is 0.484 e. The van der Waals surface area contributed by atoms with Gasteiger partial charge in [0.2, 0.25) is 5.91 Å². The number of rotatable bonds is 8. The number of carbonyl (C=O) groups excluding carboxylic acids is 3. The number of amides is 2. The van der Waals surface area contributed by atoms with E-state index < -0.39 is 32.3 Å². The van der Waals surface area contributed by atoms with Gasteiger partial charge in [-0.3, -0.25) is 19.7 Å². The zero-order chi connectivity index (χ0) is 25.2. The van der Waals surface area contributed by atoms with Crippen LogP contribution in [0, 0.1) is 10.1 Å². The van der Waals surface area contributed by atoms with E-state index >= 15 is 0 Å². The summed E-state index contributed by atoms with van der Waals surface area (Å²) in [6, 6.07) is 13.0. The van der Waals surface area contributed by atoms with E-state index in [1.54, 1.807) is 24.3 Å². The van der Waals surface area contributed by atoms with Crippen molar-refractivity contribution in [2.24, 2.45) is 0 Å². The third-order valence-electron chi connectivity index (χ3n) is 5.65. The average Bonchev–Trinajstić information content (AvgIpc) is 2.85. The molecule has 2 fully saturated rings. The van der Waals surface area contributed by atoms with Gasteiger partial charge in [0.15, 0.2) is 6.61 Å². The molecule has 12 heteroatoms. The molecule has 2 saturated heterocycles. The second-order valence-corrected chi connectivity index (χ2v) is 11.9. The normalized spacial score (nSPS) is 25.1. The number of alkyl halides is 1. The van der Waals surface area contributed by atoms with Crippen LogP contribution >= 0.6 is 34.4 Å². The Hall–Kier alpha value is -2.87. The minimum absolute atomic E-state index is 0.0551. The Morgan fingerprint density at radius 1 is 1.23 bits per heavy atom. The number of thioether (sulfide) groups is 1. The van der Waals surface area contributed by atoms with Crippen molar-refractivity contribution < 1.29 is 28.8 Å². The van der Waals surface area contributed by atoms with E-state index in [2.05, 4.69) is 27.9 Å². The first kappa shape index (κ1) is 25.2. The molecule has 2 amide bonds. The summed E-state index contributed by atoms with van der Waals surface area (Å²) in [5.41, 5.74) is 0.542. The van der Waals surface area contributed by atoms with E-state index in [1.165, 1.54) is 40.9 Å². The lowest BCUT2D eigenvalue weighted by atomic mass is 9.94. The number of nitro groups is 1. The summed E-state index contributed by atoms with van der Waals surface area (Å²) in [5.74, 6) is -0.210. The zero-order valence-corrected chi connectivity index (χ0v) is 21.6. The van der Waals surface area contributed by atoms with E-state index in [0.29, 0.717) is 17.1 Å². The van der Waals surface area contributed by atoms with Gasteiger partial charge >= 0.3 is 5.97 Å². The number of para-hydroxylation sites is 1. The van der Waals surface area contributed by atoms with Crippen molar-refractivity contribution in [2.75, 3.05) is 12.4 Å². The molecule has 0 aromatic heterocycles. The van der Waals surface area contributed by atoms with Gasteiger partial charge < -0.3 is 19.7 Å². The van der Waals surface area contributed by atoms with E-state index in [-0.39, 0.29) is 30.2 Å². The molecule has 2 aromatic rings. The van der Waals surface area contributed by atoms with Gasteiger partial charge in [0.25, 0.3) is 11.6 Å². The van der Waals surface area contributed by atoms with Gasteiger partial charge in [0.1, 0.15) is 29.8 Å². The highest BCUT2D eigenvalue weighted by atomic mass is 127. The molecule has 0 radical (unpaired) electrons. The van der Waals surface area contributed by atoms with Crippen LogP contribution in [0.1, 0.15) is 12.5 Å². The van der Waals surface area contributed by atoms with Gasteiger partial charge in [-0.15, -0.1) is 11.8 Å². The molecule has 4 atom stereocenters. The summed E-state index contributed by atoms with van der Waals surface area (Å²) in [7, 11) is 0. The molecule has 0 bridgehead atoms. The van der Waals surface area contributed by atoms with Gasteiger partial charge in [0.05, 0.1) is 8.35 Å². The number of hydrogen-bond donors (Lipinski definition) is 1. The van der Waals surface area contributed by atoms with Crippen molar-refractivity contribution >= 4 is 57.8 Å². The van der Waals surface area contributed by atoms with E-state index in [4.69, 9.17) is 9.47 Å². The number of carbonyl (C=O) groups is 3. The number of nitrogens with zero attached hydrogens (tertiary/aromatic N) is 2. The second-order valence-electron chi connectivity index (χ2n) is 8.31. The van der Waals surface area contributed by atoms with Crippen molar-refractivity contribution in [1.29, 1.82) is 0 Å². The summed E-state index contributed by atoms with van der Waals surface area (Å²) < 4.78 is 10.3. The van der Waals surface area contributed by atoms with Crippen molar-refractivity contribution in [2.45, 2.75) is 34.4 Å². The Balaban J connectivity index is 1.36. The van der Waals surface area contributed by atoms with Gasteiger partial charge in [-0.2, -0.15) is 0 Å². The second kappa shape index (κ2) is 10.4. The first-order valence-corrected chi connectivity index (χ1v) is 12.8. The van der Waals surface area contributed by atoms with Crippen molar-refractivity contribution in [1.82, 2.24) is 10.2 Å². The number of fused-ring (bicyclic) bond motifs is 1. The summed E-state index contributed by atoms with van der Waals surface area (Å²) in [4.78, 5) is 50.1. The summed E-state index contributed by atoms with van der Waals surface area (Å²) in [6.07, 6.45) is 0. The number of β-lactam (4-membered cyclic amide) rings is 1. The molecule has 10 nitrogen and oxygen atoms in total. The summed E-state index contributed by atoms with van der Waals surface area (Å²) >= 11 is 3.66. The fourth-order valence-electron chi connectivity index (χ4n) is 3.87. The maximum atomic E-state index is 13.0. The van der Waals surface area contributed by atoms with Gasteiger partial charge in [-0.25, -0.2) is 4.79 Å². The number of nitro benzene ring substituents is 1. The fourth-order valence-corrected chi connectivity index (χ4v) is 6.39. The van der Waals surface area contributed by atoms with Crippen molar-refractivity contribution in [3.05, 3.63) is 70.3 Å². The Bertz CT molecular complexity index is 1130. The monoisotopic (exact) mass is 611 g/mol. The topological polar surface area (TPSA) is 128 Å². The van der Waals surface area contributed by atoms with E-state index in [1.807, 2.05) is 13.0 Å². The van der Waals surface area contributed by atoms with Crippen molar-refractivity contribution in [3.8, 4) is 5.75 Å². The number of benzene rings is 2. The molecule has 3 unspecified atom stereocenters. The molecule has 2 aromatic carbocycles. The maximum absolute atomic E-state index is 13.0. The maximum Gasteiger partial charge on any atom is 0.330 e. The Morgan fingerprint density at radius 3 is 2.57 bits per heavy atom. The molecule has 0 spiro atoms. The number of non-ortho nitro benzene ring substituents is 1. The highest BCUT2D eigenvalue weighted by Crippen LogP contribution is 2.46. The van der Waals surface area contributed by atoms with E-state index in [9.17, 15) is 24.5 Å². The van der Waals surface area contributed by atoms with Gasteiger partial charge in [0, 0.05) is 17.9 Å². The van der Waals surface area contributed by atoms with Gasteiger partial charge in [-0.05, 0) is 36.8 Å². The standard InChI is InChI=1S/C23H22IN3O7S/c1-23(24)13-35-21-18(25-17(28)12-33-16-5-3-2-4-6-16)20(29)26(21)19(23)22(30)34-11-14-7-9-15(10-8-14)27(31)32/h2-10,18-19,21H,11-13H2,1H3,(H,25,28)/t18?,19?,21-,23?/m1/s1. The van der Waals surface area contributed by atoms with Crippen LogP contribution in [0.15, 0.2) is 54.6 Å². The Morgan fingerprint density at radius 2 is 1.91 bits per heavy atom. The lowest BCUT2D eigenvalue weighted by Crippen LogP contribution is -2.78. The Kier molecular flexibility index (Phi) is 7.50. The number of hydrogen-bond acceptors (Lipinski definition) is 8. The summed E-state index contributed by atoms with van der Waals surface area (Å²) in [6.45, 7) is 1.58. The SMILES string of the molecule is CC1(I)CS[C@@H]2C(NC(=O)COc3ccccc3)C(=O)N2C1C(=O)OCc1ccc([N+](=O)[O-])cc1. The summed E-state index contributed by atoms with van der Waals surface area (Å²) in [5, 5.41) is 13.1. The Labute approximate surface area is 219 Å².